The third-order valence-corrected chi connectivity index (χ3v) is 3.63. The fourth-order valence-electron chi connectivity index (χ4n) is 2.31. The Labute approximate surface area is 106 Å². The Morgan fingerprint density at radius 1 is 1.39 bits per heavy atom. The summed E-state index contributed by atoms with van der Waals surface area (Å²) in [6.07, 6.45) is 0.750. The molecule has 1 fully saturated rings. The maximum Gasteiger partial charge on any atom is 0.308 e. The van der Waals surface area contributed by atoms with Crippen LogP contribution in [0, 0.1) is 19.8 Å². The van der Waals surface area contributed by atoms with Crippen LogP contribution in [0.3, 0.4) is 0 Å². The first-order valence-electron chi connectivity index (χ1n) is 6.10. The Kier molecular flexibility index (Phi) is 3.36. The van der Waals surface area contributed by atoms with Gasteiger partial charge in [0.1, 0.15) is 0 Å². The number of carboxylic acids is 1. The Balaban J connectivity index is 2.33. The zero-order valence-electron chi connectivity index (χ0n) is 10.6. The molecule has 4 heteroatoms. The summed E-state index contributed by atoms with van der Waals surface area (Å²) < 4.78 is 0. The zero-order chi connectivity index (χ0) is 13.3. The molecule has 1 atom stereocenters. The fraction of sp³-hybridized carbons (Fsp3) is 0.429. The summed E-state index contributed by atoms with van der Waals surface area (Å²) in [5.41, 5.74) is 2.99. The number of anilines is 1. The number of rotatable bonds is 2. The van der Waals surface area contributed by atoms with Crippen molar-refractivity contribution in [2.75, 3.05) is 11.4 Å². The normalized spacial score (nSPS) is 20.0. The molecule has 2 rings (SSSR count). The highest BCUT2D eigenvalue weighted by Crippen LogP contribution is 2.28. The second kappa shape index (κ2) is 4.80. The van der Waals surface area contributed by atoms with Crippen LogP contribution in [0.4, 0.5) is 5.69 Å². The topological polar surface area (TPSA) is 57.6 Å². The molecule has 0 radical (unpaired) electrons. The van der Waals surface area contributed by atoms with Crippen molar-refractivity contribution in [1.29, 1.82) is 0 Å². The summed E-state index contributed by atoms with van der Waals surface area (Å²) in [6.45, 7) is 4.22. The third-order valence-electron chi connectivity index (χ3n) is 3.63. The smallest absolute Gasteiger partial charge is 0.308 e. The van der Waals surface area contributed by atoms with Gasteiger partial charge in [-0.1, -0.05) is 12.1 Å². The lowest BCUT2D eigenvalue weighted by Gasteiger charge is -2.32. The molecule has 1 aromatic rings. The van der Waals surface area contributed by atoms with E-state index >= 15 is 0 Å². The van der Waals surface area contributed by atoms with E-state index in [1.54, 1.807) is 4.90 Å². The van der Waals surface area contributed by atoms with Crippen molar-refractivity contribution in [3.8, 4) is 0 Å². The second-order valence-corrected chi connectivity index (χ2v) is 4.80. The molecule has 1 unspecified atom stereocenters. The van der Waals surface area contributed by atoms with Gasteiger partial charge in [-0.05, 0) is 37.5 Å². The minimum absolute atomic E-state index is 0.0150. The molecule has 4 nitrogen and oxygen atoms in total. The van der Waals surface area contributed by atoms with Crippen LogP contribution in [0.25, 0.3) is 0 Å². The first-order valence-corrected chi connectivity index (χ1v) is 6.10. The monoisotopic (exact) mass is 247 g/mol. The van der Waals surface area contributed by atoms with Crippen LogP contribution in [0.2, 0.25) is 0 Å². The molecule has 1 aliphatic rings. The van der Waals surface area contributed by atoms with Gasteiger partial charge in [0.2, 0.25) is 5.91 Å². The van der Waals surface area contributed by atoms with Crippen LogP contribution in [0.5, 0.6) is 0 Å². The highest BCUT2D eigenvalue weighted by atomic mass is 16.4. The van der Waals surface area contributed by atoms with E-state index in [1.807, 2.05) is 32.0 Å². The van der Waals surface area contributed by atoms with Gasteiger partial charge < -0.3 is 10.0 Å². The van der Waals surface area contributed by atoms with E-state index in [0.717, 1.165) is 16.8 Å². The number of piperidine rings is 1. The lowest BCUT2D eigenvalue weighted by atomic mass is 9.96. The van der Waals surface area contributed by atoms with Gasteiger partial charge in [-0.15, -0.1) is 0 Å². The van der Waals surface area contributed by atoms with Crippen LogP contribution >= 0.6 is 0 Å². The Morgan fingerprint density at radius 3 is 2.78 bits per heavy atom. The molecule has 1 aromatic carbocycles. The highest BCUT2D eigenvalue weighted by molar-refractivity contribution is 5.96. The van der Waals surface area contributed by atoms with Crippen LogP contribution in [0.15, 0.2) is 18.2 Å². The Bertz CT molecular complexity index is 496. The SMILES string of the molecule is Cc1cccc(N2CC(C(=O)O)CCC2=O)c1C. The van der Waals surface area contributed by atoms with Crippen molar-refractivity contribution >= 4 is 17.6 Å². The van der Waals surface area contributed by atoms with Crippen LogP contribution in [-0.2, 0) is 9.59 Å². The van der Waals surface area contributed by atoms with Gasteiger partial charge in [0.25, 0.3) is 0 Å². The van der Waals surface area contributed by atoms with E-state index < -0.39 is 11.9 Å². The summed E-state index contributed by atoms with van der Waals surface area (Å²) >= 11 is 0. The number of aliphatic carboxylic acids is 1. The average molecular weight is 247 g/mol. The van der Waals surface area contributed by atoms with Crippen molar-refractivity contribution in [1.82, 2.24) is 0 Å². The van der Waals surface area contributed by atoms with E-state index in [-0.39, 0.29) is 12.5 Å². The molecular formula is C14H17NO3. The minimum Gasteiger partial charge on any atom is -0.481 e. The standard InChI is InChI=1S/C14H17NO3/c1-9-4-3-5-12(10(9)2)15-8-11(14(17)18)6-7-13(15)16/h3-5,11H,6-8H2,1-2H3,(H,17,18). The number of nitrogens with zero attached hydrogens (tertiary/aromatic N) is 1. The number of amides is 1. The molecule has 96 valence electrons. The first kappa shape index (κ1) is 12.6. The molecule has 1 heterocycles. The van der Waals surface area contributed by atoms with E-state index in [1.165, 1.54) is 0 Å². The lowest BCUT2D eigenvalue weighted by Crippen LogP contribution is -2.43. The predicted molar refractivity (Wildman–Crippen MR) is 68.6 cm³/mol. The van der Waals surface area contributed by atoms with Crippen LogP contribution < -0.4 is 4.90 Å². The fourth-order valence-corrected chi connectivity index (χ4v) is 2.31. The van der Waals surface area contributed by atoms with E-state index in [0.29, 0.717) is 12.8 Å². The number of hydrogen-bond acceptors (Lipinski definition) is 2. The molecule has 0 aromatic heterocycles. The van der Waals surface area contributed by atoms with Crippen LogP contribution in [-0.4, -0.2) is 23.5 Å². The number of hydrogen-bond donors (Lipinski definition) is 1. The summed E-state index contributed by atoms with van der Waals surface area (Å²) in [5.74, 6) is -1.26. The van der Waals surface area contributed by atoms with Crippen molar-refractivity contribution in [3.63, 3.8) is 0 Å². The van der Waals surface area contributed by atoms with Gasteiger partial charge >= 0.3 is 5.97 Å². The van der Waals surface area contributed by atoms with Gasteiger partial charge in [-0.3, -0.25) is 9.59 Å². The molecule has 0 aliphatic carbocycles. The molecule has 1 amide bonds. The summed E-state index contributed by atoms with van der Waals surface area (Å²) in [4.78, 5) is 24.6. The van der Waals surface area contributed by atoms with Gasteiger partial charge in [-0.2, -0.15) is 0 Å². The lowest BCUT2D eigenvalue weighted by molar-refractivity contribution is -0.142. The average Bonchev–Trinajstić information content (AvgIpc) is 2.33. The Hall–Kier alpha value is -1.84. The van der Waals surface area contributed by atoms with Gasteiger partial charge in [-0.25, -0.2) is 0 Å². The number of aryl methyl sites for hydroxylation is 1. The van der Waals surface area contributed by atoms with Crippen LogP contribution in [0.1, 0.15) is 24.0 Å². The molecular weight excluding hydrogens is 230 g/mol. The van der Waals surface area contributed by atoms with Crippen molar-refractivity contribution in [2.24, 2.45) is 5.92 Å². The molecule has 0 saturated carbocycles. The molecule has 1 saturated heterocycles. The van der Waals surface area contributed by atoms with Gasteiger partial charge in [0.05, 0.1) is 5.92 Å². The summed E-state index contributed by atoms with van der Waals surface area (Å²) in [7, 11) is 0. The van der Waals surface area contributed by atoms with Crippen molar-refractivity contribution < 1.29 is 14.7 Å². The maximum atomic E-state index is 12.0. The van der Waals surface area contributed by atoms with Gasteiger partial charge in [0.15, 0.2) is 0 Å². The van der Waals surface area contributed by atoms with E-state index in [9.17, 15) is 9.59 Å². The Morgan fingerprint density at radius 2 is 2.11 bits per heavy atom. The number of carbonyl (C=O) groups excluding carboxylic acids is 1. The largest absolute Gasteiger partial charge is 0.481 e. The number of benzene rings is 1. The maximum absolute atomic E-state index is 12.0. The molecule has 18 heavy (non-hydrogen) atoms. The first-order chi connectivity index (χ1) is 8.50. The molecule has 1 aliphatic heterocycles. The molecule has 0 bridgehead atoms. The summed E-state index contributed by atoms with van der Waals surface area (Å²) in [5, 5.41) is 9.08. The number of carboxylic acid groups (broad SMARTS) is 1. The van der Waals surface area contributed by atoms with E-state index in [4.69, 9.17) is 5.11 Å². The van der Waals surface area contributed by atoms with E-state index in [2.05, 4.69) is 0 Å². The van der Waals surface area contributed by atoms with Crippen molar-refractivity contribution in [3.05, 3.63) is 29.3 Å². The zero-order valence-corrected chi connectivity index (χ0v) is 10.6. The minimum atomic E-state index is -0.821. The quantitative estimate of drug-likeness (QED) is 0.871. The van der Waals surface area contributed by atoms with Gasteiger partial charge in [0, 0.05) is 18.7 Å². The number of carbonyl (C=O) groups is 2. The second-order valence-electron chi connectivity index (χ2n) is 4.80. The third kappa shape index (κ3) is 2.23. The highest BCUT2D eigenvalue weighted by Gasteiger charge is 2.31. The summed E-state index contributed by atoms with van der Waals surface area (Å²) in [6, 6.07) is 5.77. The van der Waals surface area contributed by atoms with Crippen molar-refractivity contribution in [2.45, 2.75) is 26.7 Å². The molecule has 1 N–H and O–H groups in total. The predicted octanol–water partition coefficient (Wildman–Crippen LogP) is 2.13. The molecule has 0 spiro atoms.